The van der Waals surface area contributed by atoms with Gasteiger partial charge in [0.05, 0.1) is 12.5 Å². The maximum absolute atomic E-state index is 12.4. The van der Waals surface area contributed by atoms with Crippen LogP contribution in [0.4, 0.5) is 0 Å². The SMILES string of the molecule is CCOC(=O)[C@H]1CCCN(C(=O)c2ccc(Cl)cc2)C1. The number of carbonyl (C=O) groups is 2. The van der Waals surface area contributed by atoms with E-state index in [-0.39, 0.29) is 17.8 Å². The number of piperidine rings is 1. The van der Waals surface area contributed by atoms with Crippen LogP contribution in [-0.4, -0.2) is 36.5 Å². The maximum atomic E-state index is 12.4. The molecule has 5 heteroatoms. The molecule has 0 aliphatic carbocycles. The second-order valence-electron chi connectivity index (χ2n) is 4.85. The van der Waals surface area contributed by atoms with Crippen molar-refractivity contribution in [2.45, 2.75) is 19.8 Å². The Kier molecular flexibility index (Phi) is 5.01. The Bertz CT molecular complexity index is 486. The third-order valence-corrected chi connectivity index (χ3v) is 3.67. The third-order valence-electron chi connectivity index (χ3n) is 3.42. The first-order chi connectivity index (χ1) is 9.61. The molecule has 4 nitrogen and oxygen atoms in total. The molecule has 1 aliphatic heterocycles. The van der Waals surface area contributed by atoms with E-state index in [1.54, 1.807) is 36.1 Å². The number of likely N-dealkylation sites (tertiary alicyclic amines) is 1. The van der Waals surface area contributed by atoms with Gasteiger partial charge in [0.2, 0.25) is 0 Å². The number of amides is 1. The summed E-state index contributed by atoms with van der Waals surface area (Å²) in [5, 5.41) is 0.601. The van der Waals surface area contributed by atoms with E-state index in [1.807, 2.05) is 0 Å². The lowest BCUT2D eigenvalue weighted by molar-refractivity contribution is -0.149. The molecule has 0 aromatic heterocycles. The molecule has 1 aliphatic rings. The van der Waals surface area contributed by atoms with Gasteiger partial charge in [-0.15, -0.1) is 0 Å². The molecule has 1 saturated heterocycles. The summed E-state index contributed by atoms with van der Waals surface area (Å²) in [5.41, 5.74) is 0.596. The second-order valence-corrected chi connectivity index (χ2v) is 5.29. The number of hydrogen-bond donors (Lipinski definition) is 0. The number of rotatable bonds is 3. The summed E-state index contributed by atoms with van der Waals surface area (Å²) in [6.45, 7) is 3.27. The van der Waals surface area contributed by atoms with E-state index in [4.69, 9.17) is 16.3 Å². The van der Waals surface area contributed by atoms with Gasteiger partial charge in [-0.3, -0.25) is 9.59 Å². The van der Waals surface area contributed by atoms with Gasteiger partial charge in [0.25, 0.3) is 5.91 Å². The van der Waals surface area contributed by atoms with E-state index in [1.165, 1.54) is 0 Å². The molecule has 0 radical (unpaired) electrons. The lowest BCUT2D eigenvalue weighted by Gasteiger charge is -2.31. The van der Waals surface area contributed by atoms with E-state index < -0.39 is 0 Å². The molecule has 0 bridgehead atoms. The zero-order chi connectivity index (χ0) is 14.5. The van der Waals surface area contributed by atoms with Crippen LogP contribution in [-0.2, 0) is 9.53 Å². The minimum atomic E-state index is -0.208. The summed E-state index contributed by atoms with van der Waals surface area (Å²) >= 11 is 5.82. The number of benzene rings is 1. The molecule has 1 fully saturated rings. The Morgan fingerprint density at radius 2 is 2.05 bits per heavy atom. The predicted molar refractivity (Wildman–Crippen MR) is 76.7 cm³/mol. The lowest BCUT2D eigenvalue weighted by atomic mass is 9.97. The summed E-state index contributed by atoms with van der Waals surface area (Å²) < 4.78 is 5.04. The molecule has 1 heterocycles. The normalized spacial score (nSPS) is 18.7. The minimum Gasteiger partial charge on any atom is -0.466 e. The van der Waals surface area contributed by atoms with Crippen molar-refractivity contribution >= 4 is 23.5 Å². The van der Waals surface area contributed by atoms with Crippen molar-refractivity contribution in [2.75, 3.05) is 19.7 Å². The summed E-state index contributed by atoms with van der Waals surface area (Å²) in [4.78, 5) is 25.9. The lowest BCUT2D eigenvalue weighted by Crippen LogP contribution is -2.42. The summed E-state index contributed by atoms with van der Waals surface area (Å²) in [6, 6.07) is 6.81. The van der Waals surface area contributed by atoms with E-state index in [0.717, 1.165) is 12.8 Å². The number of hydrogen-bond acceptors (Lipinski definition) is 3. The van der Waals surface area contributed by atoms with Gasteiger partial charge in [-0.1, -0.05) is 11.6 Å². The molecule has 1 atom stereocenters. The van der Waals surface area contributed by atoms with Gasteiger partial charge in [0, 0.05) is 23.7 Å². The zero-order valence-corrected chi connectivity index (χ0v) is 12.2. The largest absolute Gasteiger partial charge is 0.466 e. The molecular weight excluding hydrogens is 278 g/mol. The molecule has 0 saturated carbocycles. The quantitative estimate of drug-likeness (QED) is 0.806. The molecular formula is C15H18ClNO3. The molecule has 1 aromatic carbocycles. The highest BCUT2D eigenvalue weighted by atomic mass is 35.5. The highest BCUT2D eigenvalue weighted by Crippen LogP contribution is 2.20. The first-order valence-electron chi connectivity index (χ1n) is 6.83. The van der Waals surface area contributed by atoms with E-state index in [0.29, 0.717) is 30.3 Å². The number of halogens is 1. The molecule has 20 heavy (non-hydrogen) atoms. The average molecular weight is 296 g/mol. The highest BCUT2D eigenvalue weighted by Gasteiger charge is 2.29. The molecule has 0 N–H and O–H groups in total. The third kappa shape index (κ3) is 3.51. The minimum absolute atomic E-state index is 0.0596. The van der Waals surface area contributed by atoms with Crippen molar-refractivity contribution in [3.05, 3.63) is 34.9 Å². The molecule has 1 aromatic rings. The average Bonchev–Trinajstić information content (AvgIpc) is 2.48. The Morgan fingerprint density at radius 1 is 1.35 bits per heavy atom. The van der Waals surface area contributed by atoms with Crippen molar-refractivity contribution in [3.8, 4) is 0 Å². The van der Waals surface area contributed by atoms with Gasteiger partial charge in [0.15, 0.2) is 0 Å². The second kappa shape index (κ2) is 6.75. The van der Waals surface area contributed by atoms with Crippen LogP contribution in [0, 0.1) is 5.92 Å². The number of nitrogens with zero attached hydrogens (tertiary/aromatic N) is 1. The van der Waals surface area contributed by atoms with Gasteiger partial charge in [-0.25, -0.2) is 0 Å². The van der Waals surface area contributed by atoms with Gasteiger partial charge in [0.1, 0.15) is 0 Å². The van der Waals surface area contributed by atoms with Gasteiger partial charge >= 0.3 is 5.97 Å². The molecule has 0 spiro atoms. The predicted octanol–water partition coefficient (Wildman–Crippen LogP) is 2.76. The summed E-state index contributed by atoms with van der Waals surface area (Å²) in [6.07, 6.45) is 1.60. The molecule has 1 amide bonds. The number of ether oxygens (including phenoxy) is 1. The van der Waals surface area contributed by atoms with Crippen LogP contribution in [0.2, 0.25) is 5.02 Å². The summed E-state index contributed by atoms with van der Waals surface area (Å²) in [7, 11) is 0. The van der Waals surface area contributed by atoms with Crippen LogP contribution in [0.25, 0.3) is 0 Å². The van der Waals surface area contributed by atoms with Gasteiger partial charge in [-0.05, 0) is 44.0 Å². The fourth-order valence-electron chi connectivity index (χ4n) is 2.39. The van der Waals surface area contributed by atoms with Crippen LogP contribution in [0.15, 0.2) is 24.3 Å². The molecule has 108 valence electrons. The standard InChI is InChI=1S/C15H18ClNO3/c1-2-20-15(19)12-4-3-9-17(10-12)14(18)11-5-7-13(16)8-6-11/h5-8,12H,2-4,9-10H2,1H3/t12-/m0/s1. The van der Waals surface area contributed by atoms with Crippen LogP contribution < -0.4 is 0 Å². The fourth-order valence-corrected chi connectivity index (χ4v) is 2.52. The smallest absolute Gasteiger partial charge is 0.310 e. The van der Waals surface area contributed by atoms with Crippen molar-refractivity contribution in [1.29, 1.82) is 0 Å². The van der Waals surface area contributed by atoms with Crippen molar-refractivity contribution in [1.82, 2.24) is 4.90 Å². The summed E-state index contributed by atoms with van der Waals surface area (Å²) in [5.74, 6) is -0.475. The van der Waals surface area contributed by atoms with E-state index >= 15 is 0 Å². The Labute approximate surface area is 123 Å². The van der Waals surface area contributed by atoms with E-state index in [2.05, 4.69) is 0 Å². The number of esters is 1. The zero-order valence-electron chi connectivity index (χ0n) is 11.5. The van der Waals surface area contributed by atoms with E-state index in [9.17, 15) is 9.59 Å². The van der Waals surface area contributed by atoms with Gasteiger partial charge in [-0.2, -0.15) is 0 Å². The van der Waals surface area contributed by atoms with Crippen molar-refractivity contribution in [2.24, 2.45) is 5.92 Å². The Balaban J connectivity index is 2.03. The maximum Gasteiger partial charge on any atom is 0.310 e. The van der Waals surface area contributed by atoms with Crippen LogP contribution in [0.1, 0.15) is 30.1 Å². The first kappa shape index (κ1) is 14.9. The number of carbonyl (C=O) groups excluding carboxylic acids is 2. The van der Waals surface area contributed by atoms with Crippen molar-refractivity contribution < 1.29 is 14.3 Å². The topological polar surface area (TPSA) is 46.6 Å². The molecule has 0 unspecified atom stereocenters. The van der Waals surface area contributed by atoms with Crippen LogP contribution in [0.3, 0.4) is 0 Å². The monoisotopic (exact) mass is 295 g/mol. The van der Waals surface area contributed by atoms with Crippen LogP contribution >= 0.6 is 11.6 Å². The van der Waals surface area contributed by atoms with Gasteiger partial charge < -0.3 is 9.64 Å². The first-order valence-corrected chi connectivity index (χ1v) is 7.21. The van der Waals surface area contributed by atoms with Crippen molar-refractivity contribution in [3.63, 3.8) is 0 Å². The Hall–Kier alpha value is -1.55. The van der Waals surface area contributed by atoms with Crippen LogP contribution in [0.5, 0.6) is 0 Å². The molecule has 2 rings (SSSR count). The Morgan fingerprint density at radius 3 is 2.70 bits per heavy atom. The highest BCUT2D eigenvalue weighted by molar-refractivity contribution is 6.30. The fraction of sp³-hybridized carbons (Fsp3) is 0.467.